The second-order valence-electron chi connectivity index (χ2n) is 21.3. The lowest BCUT2D eigenvalue weighted by Crippen LogP contribution is -2.85. The highest BCUT2D eigenvalue weighted by atomic mass is 16.5. The number of aliphatic hydroxyl groups excluding tert-OH is 3. The Kier molecular flexibility index (Phi) is 9.36. The molecule has 10 aliphatic rings. The van der Waals surface area contributed by atoms with Crippen LogP contribution >= 0.6 is 0 Å². The second kappa shape index (κ2) is 14.1. The molecule has 18 atom stereocenters. The number of carbonyl (C=O) groups excluding carboxylic acids is 2. The highest BCUT2D eigenvalue weighted by molar-refractivity contribution is 5.86. The number of fused-ring (bicyclic) bond motifs is 8. The summed E-state index contributed by atoms with van der Waals surface area (Å²) in [7, 11) is 0. The number of carbonyl (C=O) groups is 2. The van der Waals surface area contributed by atoms with Crippen molar-refractivity contribution in [2.45, 2.75) is 144 Å². The lowest BCUT2D eigenvalue weighted by Gasteiger charge is -2.73. The van der Waals surface area contributed by atoms with Crippen molar-refractivity contribution in [3.05, 3.63) is 59.2 Å². The van der Waals surface area contributed by atoms with E-state index in [0.29, 0.717) is 56.8 Å². The van der Waals surface area contributed by atoms with E-state index in [1.165, 1.54) is 12.8 Å². The monoisotopic (exact) mass is 821 g/mol. The number of benzene rings is 1. The molecule has 0 aromatic heterocycles. The molecule has 4 bridgehead atoms. The SMILES string of the molecule is O=CC12CCC(O)C3CC4C=CCC(C5CCCC5)C4CC(C(O)C4(O)C1CCC15CCC#Cc6ccccc6CC(NCO)C6CC(CC14O)C5C1=CC(=O)OC16)C32O. The third kappa shape index (κ3) is 5.03. The van der Waals surface area contributed by atoms with Crippen LogP contribution in [0.25, 0.3) is 0 Å². The van der Waals surface area contributed by atoms with Crippen molar-refractivity contribution in [2.75, 3.05) is 6.73 Å². The highest BCUT2D eigenvalue weighted by Gasteiger charge is 2.85. The molecule has 7 fully saturated rings. The van der Waals surface area contributed by atoms with Crippen LogP contribution in [0.4, 0.5) is 0 Å². The summed E-state index contributed by atoms with van der Waals surface area (Å²) < 4.78 is 6.20. The Bertz CT molecular complexity index is 2050. The molecule has 322 valence electrons. The number of nitrogens with one attached hydrogen (secondary N) is 1. The molecule has 9 aliphatic carbocycles. The van der Waals surface area contributed by atoms with Crippen LogP contribution in [0.2, 0.25) is 0 Å². The summed E-state index contributed by atoms with van der Waals surface area (Å²) in [5, 5.41) is 81.0. The summed E-state index contributed by atoms with van der Waals surface area (Å²) in [6.45, 7) is -0.280. The van der Waals surface area contributed by atoms with Crippen molar-refractivity contribution < 1.29 is 45.0 Å². The summed E-state index contributed by atoms with van der Waals surface area (Å²) in [4.78, 5) is 27.7. The van der Waals surface area contributed by atoms with E-state index in [1.807, 2.05) is 18.2 Å². The molecule has 1 aliphatic heterocycles. The standard InChI is InChI=1S/C50H63NO9/c52-26-47-18-15-40(54)37-21-31-13-7-14-33(29-10-2-3-11-29)34(31)23-38(49(37,47)58)45(56)50(59)41(47)16-19-46-17-6-5-9-28-8-1-4-12-30(28)22-39(51-27-53)35-20-32(25-48(46,50)57)43(46)36-24-42(55)60-44(35)36/h1,4,7-8,12-13,24,26,29,31-35,37-41,43-45,51,53-54,56-59H,2-3,6,10-11,14-23,25,27H2. The van der Waals surface area contributed by atoms with Crippen LogP contribution in [0.3, 0.4) is 0 Å². The number of aliphatic hydroxyl groups is 6. The molecule has 1 heterocycles. The summed E-state index contributed by atoms with van der Waals surface area (Å²) in [5.41, 5.74) is -5.77. The predicted octanol–water partition coefficient (Wildman–Crippen LogP) is 4.12. The Balaban J connectivity index is 1.08. The van der Waals surface area contributed by atoms with Crippen molar-refractivity contribution in [3.63, 3.8) is 0 Å². The Labute approximate surface area is 353 Å². The van der Waals surface area contributed by atoms with Gasteiger partial charge in [-0.3, -0.25) is 5.32 Å². The van der Waals surface area contributed by atoms with Crippen molar-refractivity contribution in [2.24, 2.45) is 70.0 Å². The third-order valence-electron chi connectivity index (χ3n) is 19.8. The zero-order chi connectivity index (χ0) is 41.4. The Morgan fingerprint density at radius 2 is 1.72 bits per heavy atom. The molecule has 60 heavy (non-hydrogen) atoms. The van der Waals surface area contributed by atoms with Gasteiger partial charge in [0.05, 0.1) is 30.0 Å². The van der Waals surface area contributed by atoms with E-state index in [0.717, 1.165) is 42.2 Å². The molecule has 1 aromatic carbocycles. The molecule has 7 saturated carbocycles. The van der Waals surface area contributed by atoms with E-state index in [9.17, 15) is 40.2 Å². The van der Waals surface area contributed by atoms with Gasteiger partial charge in [-0.15, -0.1) is 0 Å². The minimum absolute atomic E-state index is 0.0601. The molecular weight excluding hydrogens is 759 g/mol. The fraction of sp³-hybridized carbons (Fsp3) is 0.720. The van der Waals surface area contributed by atoms with Gasteiger partial charge in [-0.1, -0.05) is 67.9 Å². The largest absolute Gasteiger partial charge is 0.454 e. The van der Waals surface area contributed by atoms with Gasteiger partial charge in [0.1, 0.15) is 23.6 Å². The zero-order valence-electron chi connectivity index (χ0n) is 34.6. The maximum atomic E-state index is 14.3. The first-order chi connectivity index (χ1) is 29.0. The van der Waals surface area contributed by atoms with E-state index in [-0.39, 0.29) is 68.0 Å². The molecule has 10 heteroatoms. The normalized spacial score (nSPS) is 51.3. The second-order valence-corrected chi connectivity index (χ2v) is 21.3. The van der Waals surface area contributed by atoms with Crippen LogP contribution in [0.15, 0.2) is 48.1 Å². The summed E-state index contributed by atoms with van der Waals surface area (Å²) in [6, 6.07) is 7.68. The summed E-state index contributed by atoms with van der Waals surface area (Å²) in [6.07, 6.45) is 13.6. The van der Waals surface area contributed by atoms with Gasteiger partial charge in [0.25, 0.3) is 0 Å². The van der Waals surface area contributed by atoms with E-state index >= 15 is 0 Å². The number of allylic oxidation sites excluding steroid dienone is 2. The number of aldehydes is 1. The molecule has 0 amide bonds. The smallest absolute Gasteiger partial charge is 0.331 e. The molecule has 1 aromatic rings. The average molecular weight is 822 g/mol. The predicted molar refractivity (Wildman–Crippen MR) is 220 cm³/mol. The quantitative estimate of drug-likeness (QED) is 0.0770. The number of hydrogen-bond donors (Lipinski definition) is 7. The van der Waals surface area contributed by atoms with E-state index < -0.39 is 69.7 Å². The first-order valence-electron chi connectivity index (χ1n) is 23.4. The van der Waals surface area contributed by atoms with Crippen molar-refractivity contribution in [1.29, 1.82) is 0 Å². The van der Waals surface area contributed by atoms with Crippen LogP contribution < -0.4 is 5.32 Å². The molecule has 1 spiro atoms. The van der Waals surface area contributed by atoms with Gasteiger partial charge < -0.3 is 40.2 Å². The van der Waals surface area contributed by atoms with Crippen molar-refractivity contribution in [1.82, 2.24) is 5.32 Å². The lowest BCUT2D eigenvalue weighted by molar-refractivity contribution is -0.375. The number of esters is 1. The van der Waals surface area contributed by atoms with Gasteiger partial charge in [0, 0.05) is 53.2 Å². The zero-order valence-corrected chi connectivity index (χ0v) is 34.6. The molecule has 11 rings (SSSR count). The van der Waals surface area contributed by atoms with Gasteiger partial charge in [-0.25, -0.2) is 4.79 Å². The molecule has 0 radical (unpaired) electrons. The molecular formula is C50H63NO9. The van der Waals surface area contributed by atoms with E-state index in [4.69, 9.17) is 4.74 Å². The number of ether oxygens (including phenoxy) is 1. The molecule has 0 saturated heterocycles. The van der Waals surface area contributed by atoms with Crippen LogP contribution in [-0.4, -0.2) is 90.8 Å². The highest BCUT2D eigenvalue weighted by Crippen LogP contribution is 2.77. The van der Waals surface area contributed by atoms with Gasteiger partial charge >= 0.3 is 5.97 Å². The first kappa shape index (κ1) is 39.9. The van der Waals surface area contributed by atoms with Crippen molar-refractivity contribution >= 4 is 12.3 Å². The summed E-state index contributed by atoms with van der Waals surface area (Å²) in [5.74, 6) is 3.95. The fourth-order valence-corrected chi connectivity index (χ4v) is 17.6. The molecule has 7 N–H and O–H groups in total. The van der Waals surface area contributed by atoms with Crippen LogP contribution in [0.1, 0.15) is 107 Å². The Morgan fingerprint density at radius 1 is 0.900 bits per heavy atom. The minimum Gasteiger partial charge on any atom is -0.454 e. The van der Waals surface area contributed by atoms with Gasteiger partial charge in [-0.2, -0.15) is 0 Å². The van der Waals surface area contributed by atoms with Gasteiger partial charge in [-0.05, 0) is 123 Å². The Hall–Kier alpha value is -2.88. The topological polar surface area (TPSA) is 177 Å². The molecule has 18 unspecified atom stereocenters. The first-order valence-corrected chi connectivity index (χ1v) is 23.4. The third-order valence-corrected chi connectivity index (χ3v) is 19.8. The fourth-order valence-electron chi connectivity index (χ4n) is 17.6. The maximum Gasteiger partial charge on any atom is 0.331 e. The number of rotatable bonds is 4. The Morgan fingerprint density at radius 3 is 2.52 bits per heavy atom. The minimum atomic E-state index is -2.20. The van der Waals surface area contributed by atoms with Gasteiger partial charge in [0.2, 0.25) is 0 Å². The van der Waals surface area contributed by atoms with Gasteiger partial charge in [0.15, 0.2) is 0 Å². The maximum absolute atomic E-state index is 14.3. The van der Waals surface area contributed by atoms with Crippen LogP contribution in [0.5, 0.6) is 0 Å². The van der Waals surface area contributed by atoms with E-state index in [1.54, 1.807) is 6.08 Å². The lowest BCUT2D eigenvalue weighted by atomic mass is 9.35. The molecule has 10 nitrogen and oxygen atoms in total. The summed E-state index contributed by atoms with van der Waals surface area (Å²) >= 11 is 0. The van der Waals surface area contributed by atoms with Crippen LogP contribution in [0, 0.1) is 81.8 Å². The number of hydrogen-bond acceptors (Lipinski definition) is 10. The van der Waals surface area contributed by atoms with E-state index in [2.05, 4.69) is 35.4 Å². The van der Waals surface area contributed by atoms with Crippen LogP contribution in [-0.2, 0) is 20.7 Å². The van der Waals surface area contributed by atoms with Crippen molar-refractivity contribution in [3.8, 4) is 11.8 Å². The average Bonchev–Trinajstić information content (AvgIpc) is 3.95.